The molecule has 0 aromatic carbocycles. The van der Waals surface area contributed by atoms with Gasteiger partial charge in [-0.25, -0.2) is 19.3 Å². The molecule has 19 heteroatoms. The zero-order chi connectivity index (χ0) is 31.8. The molecule has 6 heterocycles. The minimum Gasteiger partial charge on any atom is -0.369 e. The van der Waals surface area contributed by atoms with Gasteiger partial charge in [0.15, 0.2) is 6.23 Å². The Bertz CT molecular complexity index is 1750. The molecule has 246 valence electrons. The lowest BCUT2D eigenvalue weighted by Crippen LogP contribution is -2.35. The van der Waals surface area contributed by atoms with Crippen LogP contribution in [0.4, 0.5) is 5.82 Å². The quantitative estimate of drug-likeness (QED) is 0.254. The summed E-state index contributed by atoms with van der Waals surface area (Å²) in [6.07, 6.45) is 8.60. The predicted octanol–water partition coefficient (Wildman–Crippen LogP) is 4.38. The maximum absolute atomic E-state index is 13.9. The third kappa shape index (κ3) is 7.31. The number of hydrogen-bond donors (Lipinski definition) is 2. The number of anilines is 1. The van der Waals surface area contributed by atoms with Gasteiger partial charge in [0.2, 0.25) is 0 Å². The van der Waals surface area contributed by atoms with Crippen molar-refractivity contribution >= 4 is 53.0 Å². The largest absolute Gasteiger partial charge is 0.389 e. The van der Waals surface area contributed by atoms with Crippen LogP contribution in [0.1, 0.15) is 43.7 Å². The molecule has 3 aliphatic heterocycles. The summed E-state index contributed by atoms with van der Waals surface area (Å²) in [7, 11) is 0. The van der Waals surface area contributed by atoms with Crippen LogP contribution in [0.3, 0.4) is 0 Å². The minimum absolute atomic E-state index is 0.0247. The molecule has 3 aliphatic rings. The van der Waals surface area contributed by atoms with Crippen LogP contribution in [0, 0.1) is 0 Å². The van der Waals surface area contributed by atoms with E-state index in [2.05, 4.69) is 26.5 Å². The first kappa shape index (κ1) is 33.0. The molecule has 15 nitrogen and oxygen atoms in total. The molecular formula is C26H36N6O9P2S2. The van der Waals surface area contributed by atoms with E-state index < -0.39 is 43.1 Å². The van der Waals surface area contributed by atoms with Gasteiger partial charge in [-0.3, -0.25) is 28.0 Å². The topological polar surface area (TPSA) is 178 Å². The van der Waals surface area contributed by atoms with Crippen molar-refractivity contribution in [1.82, 2.24) is 24.1 Å². The molecule has 3 aromatic rings. The molecule has 0 spiro atoms. The second kappa shape index (κ2) is 13.7. The summed E-state index contributed by atoms with van der Waals surface area (Å²) in [4.78, 5) is 35.5. The molecule has 0 radical (unpaired) electrons. The van der Waals surface area contributed by atoms with E-state index in [1.165, 1.54) is 29.1 Å². The summed E-state index contributed by atoms with van der Waals surface area (Å²) in [5.41, 5.74) is 0.721. The summed E-state index contributed by atoms with van der Waals surface area (Å²) in [6.45, 7) is -4.29. The van der Waals surface area contributed by atoms with Gasteiger partial charge >= 0.3 is 12.5 Å². The van der Waals surface area contributed by atoms with Crippen LogP contribution in [0.15, 0.2) is 34.4 Å². The van der Waals surface area contributed by atoms with E-state index in [1.54, 1.807) is 18.8 Å². The number of nitrogens with one attached hydrogen (secondary N) is 2. The van der Waals surface area contributed by atoms with Gasteiger partial charge in [-0.15, -0.1) is 0 Å². The summed E-state index contributed by atoms with van der Waals surface area (Å²) in [6, 6.07) is 1.18. The van der Waals surface area contributed by atoms with Gasteiger partial charge in [0, 0.05) is 38.1 Å². The molecule has 2 saturated heterocycles. The van der Waals surface area contributed by atoms with Gasteiger partial charge in [-0.2, -0.15) is 0 Å². The minimum atomic E-state index is -3.77. The van der Waals surface area contributed by atoms with E-state index >= 15 is 0 Å². The molecule has 3 aromatic heterocycles. The highest BCUT2D eigenvalue weighted by Gasteiger charge is 2.44. The average Bonchev–Trinajstić information content (AvgIpc) is 3.71. The lowest BCUT2D eigenvalue weighted by Gasteiger charge is -2.25. The molecule has 45 heavy (non-hydrogen) atoms. The molecule has 0 aliphatic carbocycles. The summed E-state index contributed by atoms with van der Waals surface area (Å²) >= 11 is 2.04. The van der Waals surface area contributed by atoms with E-state index in [9.17, 15) is 18.7 Å². The van der Waals surface area contributed by atoms with E-state index in [4.69, 9.17) is 23.0 Å². The third-order valence-corrected chi connectivity index (χ3v) is 14.9. The summed E-state index contributed by atoms with van der Waals surface area (Å²) in [5.74, 6) is 0.835. The molecule has 6 rings (SSSR count). The third-order valence-electron chi connectivity index (χ3n) is 8.00. The normalized spacial score (nSPS) is 27.6. The fourth-order valence-electron chi connectivity index (χ4n) is 5.73. The lowest BCUT2D eigenvalue weighted by atomic mass is 10.1. The SMILES string of the molecule is CSP(C)(=O)OC[C@@H]1C[C@@H](OP(=O)(OC[C@@H]2CC[C@H](n3cc4c5c(ncnc53)NCCC4)O2)SC)[C@H](n2ccc(=O)[nH]c2=O)O1. The molecule has 7 atom stereocenters. The van der Waals surface area contributed by atoms with Crippen LogP contribution in [0.25, 0.3) is 11.0 Å². The molecule has 0 amide bonds. The van der Waals surface area contributed by atoms with Crippen LogP contribution < -0.4 is 16.6 Å². The fraction of sp³-hybridized carbons (Fsp3) is 0.615. The van der Waals surface area contributed by atoms with Crippen molar-refractivity contribution in [2.24, 2.45) is 0 Å². The van der Waals surface area contributed by atoms with Crippen molar-refractivity contribution in [2.45, 2.75) is 62.9 Å². The van der Waals surface area contributed by atoms with Gasteiger partial charge in [-0.1, -0.05) is 11.4 Å². The Morgan fingerprint density at radius 1 is 1.07 bits per heavy atom. The van der Waals surface area contributed by atoms with E-state index in [-0.39, 0.29) is 32.0 Å². The zero-order valence-electron chi connectivity index (χ0n) is 25.0. The van der Waals surface area contributed by atoms with Gasteiger partial charge in [0.25, 0.3) is 12.1 Å². The highest BCUT2D eigenvalue weighted by Crippen LogP contribution is 2.62. The molecule has 0 bridgehead atoms. The van der Waals surface area contributed by atoms with Crippen molar-refractivity contribution in [1.29, 1.82) is 0 Å². The maximum atomic E-state index is 13.9. The number of rotatable bonds is 12. The smallest absolute Gasteiger partial charge is 0.369 e. The fourth-order valence-corrected chi connectivity index (χ4v) is 8.99. The zero-order valence-corrected chi connectivity index (χ0v) is 28.4. The molecule has 2 N–H and O–H groups in total. The highest BCUT2D eigenvalue weighted by atomic mass is 32.7. The van der Waals surface area contributed by atoms with Crippen LogP contribution in [-0.4, -0.2) is 81.3 Å². The first-order valence-electron chi connectivity index (χ1n) is 14.6. The predicted molar refractivity (Wildman–Crippen MR) is 172 cm³/mol. The van der Waals surface area contributed by atoms with Crippen LogP contribution in [0.5, 0.6) is 0 Å². The number of nitrogens with zero attached hydrogens (tertiary/aromatic N) is 4. The Balaban J connectivity index is 1.13. The molecule has 2 fully saturated rings. The summed E-state index contributed by atoms with van der Waals surface area (Å²) in [5, 5.41) is 4.40. The summed E-state index contributed by atoms with van der Waals surface area (Å²) < 4.78 is 59.5. The molecule has 2 unspecified atom stereocenters. The van der Waals surface area contributed by atoms with Crippen LogP contribution >= 0.6 is 36.1 Å². The highest BCUT2D eigenvalue weighted by molar-refractivity contribution is 8.56. The van der Waals surface area contributed by atoms with Crippen molar-refractivity contribution < 1.29 is 32.2 Å². The van der Waals surface area contributed by atoms with E-state index in [0.717, 1.165) is 65.4 Å². The second-order valence-corrected chi connectivity index (χ2v) is 20.4. The van der Waals surface area contributed by atoms with Gasteiger partial charge in [0.1, 0.15) is 30.1 Å². The lowest BCUT2D eigenvalue weighted by molar-refractivity contribution is -0.0483. The second-order valence-electron chi connectivity index (χ2n) is 11.0. The van der Waals surface area contributed by atoms with E-state index in [1.807, 2.05) is 4.57 Å². The number of aryl methyl sites for hydroxylation is 1. The van der Waals surface area contributed by atoms with Gasteiger partial charge in [0.05, 0.1) is 30.8 Å². The standard InChI is InChI=1S/C26H36N6O9P2S2/c1-42(35,44-2)37-14-18-11-19(25(40-18)31-10-8-20(33)30-26(31)34)41-43(36,45-3)38-13-17-6-7-21(39-17)32-12-16-5-4-9-27-23-22(16)24(32)29-15-28-23/h8,10,12,15,17-19,21,25H,4-7,9,11,13-14H2,1-3H3,(H,27,28,29)(H,30,33,34)/t17-,18-,19+,21+,25+,42?,43?/m0/s1. The first-order valence-corrected chi connectivity index (χ1v) is 21.8. The number of aromatic nitrogens is 5. The van der Waals surface area contributed by atoms with Crippen LogP contribution in [0.2, 0.25) is 0 Å². The van der Waals surface area contributed by atoms with Crippen molar-refractivity contribution in [3.63, 3.8) is 0 Å². The van der Waals surface area contributed by atoms with Crippen molar-refractivity contribution in [3.05, 3.63) is 51.2 Å². The number of aromatic amines is 1. The van der Waals surface area contributed by atoms with Crippen molar-refractivity contribution in [3.8, 4) is 0 Å². The maximum Gasteiger partial charge on any atom is 0.389 e. The Kier molecular flexibility index (Phi) is 10.0. The van der Waals surface area contributed by atoms with Crippen molar-refractivity contribution in [2.75, 3.05) is 44.3 Å². The number of ether oxygens (including phenoxy) is 2. The first-order chi connectivity index (χ1) is 21.6. The average molecular weight is 703 g/mol. The Morgan fingerprint density at radius 2 is 1.89 bits per heavy atom. The number of hydrogen-bond acceptors (Lipinski definition) is 14. The Morgan fingerprint density at radius 3 is 2.67 bits per heavy atom. The Hall–Kier alpha value is -1.94. The monoisotopic (exact) mass is 702 g/mol. The molecular weight excluding hydrogens is 666 g/mol. The van der Waals surface area contributed by atoms with Gasteiger partial charge < -0.3 is 23.9 Å². The van der Waals surface area contributed by atoms with Gasteiger partial charge in [-0.05, 0) is 55.1 Å². The van der Waals surface area contributed by atoms with Crippen LogP contribution in [-0.2, 0) is 38.6 Å². The Labute approximate surface area is 267 Å². The van der Waals surface area contributed by atoms with E-state index in [0.29, 0.717) is 6.42 Å². The molecule has 0 saturated carbocycles. The number of H-pyrrole nitrogens is 1.